The van der Waals surface area contributed by atoms with Crippen LogP contribution in [0.3, 0.4) is 0 Å². The average Bonchev–Trinajstić information content (AvgIpc) is 2.81. The molecule has 0 spiro atoms. The van der Waals surface area contributed by atoms with Crippen molar-refractivity contribution in [1.29, 1.82) is 0 Å². The monoisotopic (exact) mass is 438 g/mol. The fourth-order valence-electron chi connectivity index (χ4n) is 4.05. The average molecular weight is 439 g/mol. The van der Waals surface area contributed by atoms with E-state index in [0.717, 1.165) is 44.9 Å². The van der Waals surface area contributed by atoms with Gasteiger partial charge in [0.1, 0.15) is 5.75 Å². The summed E-state index contributed by atoms with van der Waals surface area (Å²) >= 11 is 0. The largest absolute Gasteiger partial charge is 0.513 e. The Hall–Kier alpha value is -2.29. The maximum atomic E-state index is 12.3. The van der Waals surface area contributed by atoms with E-state index in [0.29, 0.717) is 12.4 Å². The van der Waals surface area contributed by atoms with Gasteiger partial charge in [-0.3, -0.25) is 0 Å². The molecule has 3 heteroatoms. The molecule has 0 saturated heterocycles. The molecule has 2 aromatic rings. The first kappa shape index (κ1) is 26.0. The number of carbonyl (C=O) groups excluding carboxylic acids is 1. The minimum absolute atomic E-state index is 0.422. The summed E-state index contributed by atoms with van der Waals surface area (Å²) in [7, 11) is 0. The van der Waals surface area contributed by atoms with Gasteiger partial charge < -0.3 is 9.47 Å². The molecule has 0 aliphatic heterocycles. The standard InChI is InChI=1S/C29H42O3/c1-3-5-10-20-26-21-16-23-28(27(26)22-11-6-4-2)32-29(30)31-24-15-8-7-12-17-25-18-13-9-14-19-25/h9,13-14,16,18-19,21,23H,3-8,10-12,15,17,20,22,24H2,1-2H3. The van der Waals surface area contributed by atoms with Gasteiger partial charge in [0.2, 0.25) is 0 Å². The van der Waals surface area contributed by atoms with Gasteiger partial charge >= 0.3 is 6.16 Å². The van der Waals surface area contributed by atoms with Gasteiger partial charge in [-0.2, -0.15) is 0 Å². The molecule has 3 nitrogen and oxygen atoms in total. The van der Waals surface area contributed by atoms with E-state index in [9.17, 15) is 4.79 Å². The Morgan fingerprint density at radius 3 is 2.12 bits per heavy atom. The van der Waals surface area contributed by atoms with Crippen LogP contribution in [0.15, 0.2) is 48.5 Å². The van der Waals surface area contributed by atoms with Crippen molar-refractivity contribution in [3.63, 3.8) is 0 Å². The Bertz CT molecular complexity index is 754. The van der Waals surface area contributed by atoms with Crippen molar-refractivity contribution in [2.24, 2.45) is 0 Å². The molecule has 0 radical (unpaired) electrons. The van der Waals surface area contributed by atoms with E-state index in [-0.39, 0.29) is 0 Å². The smallest absolute Gasteiger partial charge is 0.434 e. The lowest BCUT2D eigenvalue weighted by Crippen LogP contribution is -2.13. The normalized spacial score (nSPS) is 10.8. The zero-order chi connectivity index (χ0) is 22.9. The molecule has 32 heavy (non-hydrogen) atoms. The van der Waals surface area contributed by atoms with Crippen molar-refractivity contribution in [2.45, 2.75) is 97.3 Å². The number of carbonyl (C=O) groups is 1. The lowest BCUT2D eigenvalue weighted by atomic mass is 9.96. The van der Waals surface area contributed by atoms with Crippen LogP contribution in [-0.2, 0) is 24.0 Å². The molecule has 0 N–H and O–H groups in total. The lowest BCUT2D eigenvalue weighted by molar-refractivity contribution is 0.0969. The number of hydrogen-bond acceptors (Lipinski definition) is 3. The molecule has 2 aromatic carbocycles. The van der Waals surface area contributed by atoms with Crippen LogP contribution < -0.4 is 4.74 Å². The van der Waals surface area contributed by atoms with Crippen LogP contribution in [0, 0.1) is 0 Å². The number of hydrogen-bond donors (Lipinski definition) is 0. The van der Waals surface area contributed by atoms with E-state index in [1.807, 2.05) is 12.1 Å². The molecule has 0 aliphatic rings. The third-order valence-electron chi connectivity index (χ3n) is 5.93. The highest BCUT2D eigenvalue weighted by molar-refractivity contribution is 5.65. The molecule has 0 bridgehead atoms. The maximum absolute atomic E-state index is 12.3. The summed E-state index contributed by atoms with van der Waals surface area (Å²) < 4.78 is 11.0. The predicted molar refractivity (Wildman–Crippen MR) is 133 cm³/mol. The van der Waals surface area contributed by atoms with E-state index in [2.05, 4.69) is 50.2 Å². The van der Waals surface area contributed by atoms with E-state index in [1.165, 1.54) is 55.2 Å². The molecule has 0 atom stereocenters. The number of aryl methyl sites for hydroxylation is 2. The van der Waals surface area contributed by atoms with Crippen molar-refractivity contribution in [3.8, 4) is 5.75 Å². The fraction of sp³-hybridized carbons (Fsp3) is 0.552. The number of rotatable bonds is 16. The van der Waals surface area contributed by atoms with Crippen molar-refractivity contribution < 1.29 is 14.3 Å². The first-order chi connectivity index (χ1) is 15.7. The summed E-state index contributed by atoms with van der Waals surface area (Å²) in [6, 6.07) is 16.7. The van der Waals surface area contributed by atoms with Gasteiger partial charge in [0.15, 0.2) is 0 Å². The number of ether oxygens (including phenoxy) is 2. The Morgan fingerprint density at radius 1 is 0.688 bits per heavy atom. The Morgan fingerprint density at radius 2 is 1.38 bits per heavy atom. The van der Waals surface area contributed by atoms with Crippen molar-refractivity contribution in [2.75, 3.05) is 6.61 Å². The van der Waals surface area contributed by atoms with Crippen molar-refractivity contribution in [1.82, 2.24) is 0 Å². The SMILES string of the molecule is CCCCCc1cccc(OC(=O)OCCCCCCc2ccccc2)c1CCCCC. The van der Waals surface area contributed by atoms with Gasteiger partial charge in [-0.05, 0) is 67.7 Å². The first-order valence-electron chi connectivity index (χ1n) is 12.7. The molecule has 0 aliphatic carbocycles. The Kier molecular flexibility index (Phi) is 13.3. The summed E-state index contributed by atoms with van der Waals surface area (Å²) in [5.74, 6) is 0.683. The highest BCUT2D eigenvalue weighted by Gasteiger charge is 2.14. The molecule has 0 saturated carbocycles. The quantitative estimate of drug-likeness (QED) is 0.150. The van der Waals surface area contributed by atoms with Gasteiger partial charge in [0, 0.05) is 0 Å². The molecule has 2 rings (SSSR count). The van der Waals surface area contributed by atoms with E-state index < -0.39 is 6.16 Å². The minimum Gasteiger partial charge on any atom is -0.434 e. The number of unbranched alkanes of at least 4 members (excludes halogenated alkanes) is 7. The van der Waals surface area contributed by atoms with E-state index in [1.54, 1.807) is 0 Å². The zero-order valence-corrected chi connectivity index (χ0v) is 20.2. The van der Waals surface area contributed by atoms with Crippen LogP contribution in [0.5, 0.6) is 5.75 Å². The predicted octanol–water partition coefficient (Wildman–Crippen LogP) is 8.47. The van der Waals surface area contributed by atoms with E-state index in [4.69, 9.17) is 9.47 Å². The molecule has 0 heterocycles. The molecular formula is C29H42O3. The summed E-state index contributed by atoms with van der Waals surface area (Å²) in [5.41, 5.74) is 3.90. The molecule has 176 valence electrons. The molecule has 0 amide bonds. The molecule has 0 aromatic heterocycles. The Balaban J connectivity index is 1.74. The summed E-state index contributed by atoms with van der Waals surface area (Å²) in [5, 5.41) is 0. The molecular weight excluding hydrogens is 396 g/mol. The second-order valence-corrected chi connectivity index (χ2v) is 8.66. The fourth-order valence-corrected chi connectivity index (χ4v) is 4.05. The third-order valence-corrected chi connectivity index (χ3v) is 5.93. The zero-order valence-electron chi connectivity index (χ0n) is 20.2. The van der Waals surface area contributed by atoms with Crippen LogP contribution >= 0.6 is 0 Å². The highest BCUT2D eigenvalue weighted by Crippen LogP contribution is 2.27. The number of benzene rings is 2. The summed E-state index contributed by atoms with van der Waals surface area (Å²) in [6.07, 6.45) is 13.9. The van der Waals surface area contributed by atoms with Gasteiger partial charge in [-0.25, -0.2) is 4.79 Å². The summed E-state index contributed by atoms with van der Waals surface area (Å²) in [4.78, 5) is 12.3. The van der Waals surface area contributed by atoms with Crippen LogP contribution in [0.2, 0.25) is 0 Å². The van der Waals surface area contributed by atoms with Crippen LogP contribution in [-0.4, -0.2) is 12.8 Å². The third kappa shape index (κ3) is 10.3. The highest BCUT2D eigenvalue weighted by atomic mass is 16.7. The maximum Gasteiger partial charge on any atom is 0.513 e. The van der Waals surface area contributed by atoms with Crippen LogP contribution in [0.1, 0.15) is 94.7 Å². The van der Waals surface area contributed by atoms with Gasteiger partial charge in [0.25, 0.3) is 0 Å². The molecule has 0 fully saturated rings. The second kappa shape index (κ2) is 16.4. The van der Waals surface area contributed by atoms with Crippen LogP contribution in [0.4, 0.5) is 4.79 Å². The summed E-state index contributed by atoms with van der Waals surface area (Å²) in [6.45, 7) is 4.86. The van der Waals surface area contributed by atoms with E-state index >= 15 is 0 Å². The van der Waals surface area contributed by atoms with Gasteiger partial charge in [-0.15, -0.1) is 0 Å². The topological polar surface area (TPSA) is 35.5 Å². The van der Waals surface area contributed by atoms with Crippen molar-refractivity contribution >= 4 is 6.16 Å². The van der Waals surface area contributed by atoms with Crippen molar-refractivity contribution in [3.05, 3.63) is 65.2 Å². The van der Waals surface area contributed by atoms with Crippen LogP contribution in [0.25, 0.3) is 0 Å². The van der Waals surface area contributed by atoms with Gasteiger partial charge in [-0.1, -0.05) is 94.8 Å². The lowest BCUT2D eigenvalue weighted by Gasteiger charge is -2.15. The first-order valence-corrected chi connectivity index (χ1v) is 12.7. The Labute approximate surface area is 195 Å². The van der Waals surface area contributed by atoms with Gasteiger partial charge in [0.05, 0.1) is 6.61 Å². The molecule has 0 unspecified atom stereocenters. The minimum atomic E-state index is -0.572. The second-order valence-electron chi connectivity index (χ2n) is 8.66.